The van der Waals surface area contributed by atoms with E-state index in [2.05, 4.69) is 16.9 Å². The lowest BCUT2D eigenvalue weighted by Gasteiger charge is -2.08. The van der Waals surface area contributed by atoms with Crippen LogP contribution in [0.1, 0.15) is 18.1 Å². The maximum absolute atomic E-state index is 5.95. The van der Waals surface area contributed by atoms with Crippen molar-refractivity contribution in [1.29, 1.82) is 0 Å². The zero-order valence-electron chi connectivity index (χ0n) is 10.5. The number of hydrogen-bond acceptors (Lipinski definition) is 3. The molecule has 2 N–H and O–H groups in total. The Morgan fingerprint density at radius 2 is 2.22 bits per heavy atom. The lowest BCUT2D eigenvalue weighted by atomic mass is 10.1. The molecule has 92 valence electrons. The lowest BCUT2D eigenvalue weighted by Crippen LogP contribution is -2.03. The summed E-state index contributed by atoms with van der Waals surface area (Å²) in [5.74, 6) is 6.48. The van der Waals surface area contributed by atoms with Crippen molar-refractivity contribution < 1.29 is 4.74 Å². The zero-order chi connectivity index (χ0) is 13.0. The molecule has 4 heteroatoms. The van der Waals surface area contributed by atoms with Gasteiger partial charge in [-0.15, -0.1) is 11.0 Å². The fourth-order valence-corrected chi connectivity index (χ4v) is 1.63. The van der Waals surface area contributed by atoms with Gasteiger partial charge >= 0.3 is 0 Å². The molecule has 0 aliphatic rings. The standard InChI is InChI=1S/C14H15N3O/c1-3-5-11-6-4-7-13(15)12(11)10-18-14-8-9-17(2)16-14/h4,6-9H,10,15H2,1-2H3. The molecule has 4 nitrogen and oxygen atoms in total. The van der Waals surface area contributed by atoms with Crippen molar-refractivity contribution in [2.45, 2.75) is 13.5 Å². The van der Waals surface area contributed by atoms with Crippen molar-refractivity contribution in [3.63, 3.8) is 0 Å². The minimum Gasteiger partial charge on any atom is -0.472 e. The van der Waals surface area contributed by atoms with Gasteiger partial charge in [-0.05, 0) is 19.1 Å². The van der Waals surface area contributed by atoms with E-state index in [9.17, 15) is 0 Å². The van der Waals surface area contributed by atoms with Gasteiger partial charge in [-0.3, -0.25) is 4.68 Å². The second kappa shape index (κ2) is 5.28. The monoisotopic (exact) mass is 241 g/mol. The van der Waals surface area contributed by atoms with Gasteiger partial charge in [0.2, 0.25) is 5.88 Å². The average molecular weight is 241 g/mol. The Bertz CT molecular complexity index is 605. The first-order chi connectivity index (χ1) is 8.70. The van der Waals surface area contributed by atoms with Gasteiger partial charge in [-0.25, -0.2) is 0 Å². The first kappa shape index (κ1) is 12.1. The van der Waals surface area contributed by atoms with Crippen LogP contribution in [0.3, 0.4) is 0 Å². The maximum atomic E-state index is 5.95. The van der Waals surface area contributed by atoms with E-state index in [0.717, 1.165) is 11.1 Å². The smallest absolute Gasteiger partial charge is 0.233 e. The molecule has 0 unspecified atom stereocenters. The molecule has 0 fully saturated rings. The fraction of sp³-hybridized carbons (Fsp3) is 0.214. The minimum atomic E-state index is 0.369. The molecule has 0 aliphatic carbocycles. The number of ether oxygens (including phenoxy) is 1. The normalized spacial score (nSPS) is 9.67. The summed E-state index contributed by atoms with van der Waals surface area (Å²) in [4.78, 5) is 0. The molecule has 0 aliphatic heterocycles. The highest BCUT2D eigenvalue weighted by Crippen LogP contribution is 2.18. The maximum Gasteiger partial charge on any atom is 0.233 e. The summed E-state index contributed by atoms with van der Waals surface area (Å²) < 4.78 is 7.29. The van der Waals surface area contributed by atoms with Crippen LogP contribution in [0.25, 0.3) is 0 Å². The summed E-state index contributed by atoms with van der Waals surface area (Å²) in [6.07, 6.45) is 1.83. The number of nitrogens with two attached hydrogens (primary N) is 1. The number of aryl methyl sites for hydroxylation is 1. The topological polar surface area (TPSA) is 53.1 Å². The molecule has 2 rings (SSSR count). The predicted molar refractivity (Wildman–Crippen MR) is 70.9 cm³/mol. The van der Waals surface area contributed by atoms with Crippen molar-refractivity contribution in [2.24, 2.45) is 7.05 Å². The highest BCUT2D eigenvalue weighted by molar-refractivity contribution is 5.56. The van der Waals surface area contributed by atoms with E-state index in [0.29, 0.717) is 18.2 Å². The first-order valence-electron chi connectivity index (χ1n) is 5.63. The van der Waals surface area contributed by atoms with Crippen molar-refractivity contribution in [1.82, 2.24) is 9.78 Å². The van der Waals surface area contributed by atoms with Crippen molar-refractivity contribution >= 4 is 5.69 Å². The highest BCUT2D eigenvalue weighted by Gasteiger charge is 2.06. The van der Waals surface area contributed by atoms with E-state index in [-0.39, 0.29) is 0 Å². The van der Waals surface area contributed by atoms with Gasteiger partial charge in [0.1, 0.15) is 6.61 Å². The third kappa shape index (κ3) is 2.64. The van der Waals surface area contributed by atoms with Crippen molar-refractivity contribution in [3.05, 3.63) is 41.6 Å². The number of rotatable bonds is 3. The summed E-state index contributed by atoms with van der Waals surface area (Å²) in [6.45, 7) is 2.17. The first-order valence-corrected chi connectivity index (χ1v) is 5.63. The van der Waals surface area contributed by atoms with Crippen LogP contribution in [0.2, 0.25) is 0 Å². The van der Waals surface area contributed by atoms with Crippen molar-refractivity contribution in [3.8, 4) is 17.7 Å². The van der Waals surface area contributed by atoms with E-state index in [1.165, 1.54) is 0 Å². The lowest BCUT2D eigenvalue weighted by molar-refractivity contribution is 0.291. The summed E-state index contributed by atoms with van der Waals surface area (Å²) in [6, 6.07) is 7.48. The van der Waals surface area contributed by atoms with Gasteiger partial charge in [-0.1, -0.05) is 12.0 Å². The number of benzene rings is 1. The highest BCUT2D eigenvalue weighted by atomic mass is 16.5. The van der Waals surface area contributed by atoms with Gasteiger partial charge in [0.15, 0.2) is 0 Å². The van der Waals surface area contributed by atoms with Crippen LogP contribution in [0, 0.1) is 11.8 Å². The minimum absolute atomic E-state index is 0.369. The molecule has 1 heterocycles. The Kier molecular flexibility index (Phi) is 3.54. The van der Waals surface area contributed by atoms with Crippen LogP contribution in [0.4, 0.5) is 5.69 Å². The molecular formula is C14H15N3O. The van der Waals surface area contributed by atoms with Crippen molar-refractivity contribution in [2.75, 3.05) is 5.73 Å². The number of hydrogen-bond donors (Lipinski definition) is 1. The zero-order valence-corrected chi connectivity index (χ0v) is 10.5. The summed E-state index contributed by atoms with van der Waals surface area (Å²) in [5, 5.41) is 4.15. The molecule has 1 aromatic carbocycles. The molecule has 1 aromatic heterocycles. The van der Waals surface area contributed by atoms with E-state index in [1.54, 1.807) is 11.6 Å². The Morgan fingerprint density at radius 1 is 1.39 bits per heavy atom. The SMILES string of the molecule is CC#Cc1cccc(N)c1COc1ccn(C)n1. The molecule has 0 amide bonds. The van der Waals surface area contributed by atoms with Crippen LogP contribution in [-0.4, -0.2) is 9.78 Å². The quantitative estimate of drug-likeness (QED) is 0.660. The summed E-state index contributed by atoms with van der Waals surface area (Å²) in [7, 11) is 1.84. The van der Waals surface area contributed by atoms with Crippen LogP contribution < -0.4 is 10.5 Å². The number of nitrogens with zero attached hydrogens (tertiary/aromatic N) is 2. The van der Waals surface area contributed by atoms with Crippen LogP contribution in [0.15, 0.2) is 30.5 Å². The van der Waals surface area contributed by atoms with E-state index < -0.39 is 0 Å². The van der Waals surface area contributed by atoms with E-state index >= 15 is 0 Å². The molecule has 0 spiro atoms. The van der Waals surface area contributed by atoms with Crippen LogP contribution in [0.5, 0.6) is 5.88 Å². The average Bonchev–Trinajstić information content (AvgIpc) is 2.75. The Morgan fingerprint density at radius 3 is 2.89 bits per heavy atom. The molecule has 18 heavy (non-hydrogen) atoms. The molecule has 0 radical (unpaired) electrons. The van der Waals surface area contributed by atoms with Gasteiger partial charge in [0.25, 0.3) is 0 Å². The van der Waals surface area contributed by atoms with Gasteiger partial charge in [0.05, 0.1) is 0 Å². The molecule has 0 bridgehead atoms. The Balaban J connectivity index is 2.19. The fourth-order valence-electron chi connectivity index (χ4n) is 1.63. The van der Waals surface area contributed by atoms with Crippen LogP contribution >= 0.6 is 0 Å². The van der Waals surface area contributed by atoms with Crippen LogP contribution in [-0.2, 0) is 13.7 Å². The molecule has 2 aromatic rings. The molecular weight excluding hydrogens is 226 g/mol. The summed E-state index contributed by atoms with van der Waals surface area (Å²) in [5.41, 5.74) is 8.43. The third-order valence-electron chi connectivity index (χ3n) is 2.53. The number of aromatic nitrogens is 2. The third-order valence-corrected chi connectivity index (χ3v) is 2.53. The van der Waals surface area contributed by atoms with E-state index in [1.807, 2.05) is 37.5 Å². The predicted octanol–water partition coefficient (Wildman–Crippen LogP) is 1.95. The Labute approximate surface area is 106 Å². The largest absolute Gasteiger partial charge is 0.472 e. The van der Waals surface area contributed by atoms with Gasteiger partial charge in [-0.2, -0.15) is 0 Å². The van der Waals surface area contributed by atoms with Gasteiger partial charge < -0.3 is 10.5 Å². The number of nitrogen functional groups attached to an aromatic ring is 1. The van der Waals surface area contributed by atoms with E-state index in [4.69, 9.17) is 10.5 Å². The van der Waals surface area contributed by atoms with Gasteiger partial charge in [0, 0.05) is 36.1 Å². The second-order valence-electron chi connectivity index (χ2n) is 3.86. The molecule has 0 saturated heterocycles. The summed E-state index contributed by atoms with van der Waals surface area (Å²) >= 11 is 0. The number of anilines is 1. The Hall–Kier alpha value is -2.41. The molecule has 0 atom stereocenters. The molecule has 0 saturated carbocycles. The second-order valence-corrected chi connectivity index (χ2v) is 3.86.